The predicted octanol–water partition coefficient (Wildman–Crippen LogP) is 1.19. The minimum Gasteiger partial charge on any atom is -0.320 e. The fourth-order valence-corrected chi connectivity index (χ4v) is 1.31. The molecule has 0 saturated carbocycles. The van der Waals surface area contributed by atoms with Crippen LogP contribution in [0.25, 0.3) is 0 Å². The summed E-state index contributed by atoms with van der Waals surface area (Å²) in [5.41, 5.74) is 0.658. The molecule has 2 aromatic heterocycles. The Labute approximate surface area is 84.0 Å². The molecule has 2 aromatic rings. The second-order valence-corrected chi connectivity index (χ2v) is 3.26. The molecule has 0 aromatic carbocycles. The van der Waals surface area contributed by atoms with E-state index in [4.69, 9.17) is 0 Å². The second kappa shape index (κ2) is 3.93. The Balaban J connectivity index is 2.10. The minimum absolute atomic E-state index is 0.215. The zero-order valence-electron chi connectivity index (χ0n) is 7.04. The van der Waals surface area contributed by atoms with E-state index < -0.39 is 0 Å². The molecule has 0 aliphatic carbocycles. The zero-order chi connectivity index (χ0) is 9.80. The molecule has 0 fully saturated rings. The third-order valence-corrected chi connectivity index (χ3v) is 2.17. The van der Waals surface area contributed by atoms with Gasteiger partial charge in [0.05, 0.1) is 18.1 Å². The Morgan fingerprint density at radius 2 is 2.36 bits per heavy atom. The molecule has 0 radical (unpaired) electrons. The molecule has 0 atom stereocenters. The van der Waals surface area contributed by atoms with E-state index >= 15 is 0 Å². The highest BCUT2D eigenvalue weighted by Gasteiger charge is 2.07. The molecule has 2 heterocycles. The molecule has 6 heteroatoms. The summed E-state index contributed by atoms with van der Waals surface area (Å²) in [7, 11) is 0. The number of nitrogens with one attached hydrogen (secondary N) is 1. The summed E-state index contributed by atoms with van der Waals surface area (Å²) in [6, 6.07) is 3.51. The van der Waals surface area contributed by atoms with Crippen LogP contribution in [0.5, 0.6) is 0 Å². The van der Waals surface area contributed by atoms with Gasteiger partial charge in [0.25, 0.3) is 5.91 Å². The summed E-state index contributed by atoms with van der Waals surface area (Å²) in [5.74, 6) is -0.215. The quantitative estimate of drug-likeness (QED) is 0.801. The summed E-state index contributed by atoms with van der Waals surface area (Å²) < 4.78 is 3.60. The highest BCUT2D eigenvalue weighted by atomic mass is 32.1. The summed E-state index contributed by atoms with van der Waals surface area (Å²) in [4.78, 5) is 15.8. The van der Waals surface area contributed by atoms with Gasteiger partial charge in [-0.05, 0) is 23.7 Å². The number of amides is 1. The molecule has 0 bridgehead atoms. The van der Waals surface area contributed by atoms with E-state index in [2.05, 4.69) is 19.9 Å². The molecule has 0 aliphatic rings. The molecular formula is C8H6N4OS. The monoisotopic (exact) mass is 206 g/mol. The van der Waals surface area contributed by atoms with Gasteiger partial charge < -0.3 is 5.32 Å². The Kier molecular flexibility index (Phi) is 2.46. The van der Waals surface area contributed by atoms with Crippen LogP contribution in [0.2, 0.25) is 0 Å². The molecule has 0 spiro atoms. The predicted molar refractivity (Wildman–Crippen MR) is 52.1 cm³/mol. The van der Waals surface area contributed by atoms with Crippen molar-refractivity contribution in [3.05, 3.63) is 35.6 Å². The maximum atomic E-state index is 11.5. The van der Waals surface area contributed by atoms with E-state index in [-0.39, 0.29) is 5.91 Å². The first-order valence-electron chi connectivity index (χ1n) is 3.85. The largest absolute Gasteiger partial charge is 0.320 e. The molecule has 14 heavy (non-hydrogen) atoms. The van der Waals surface area contributed by atoms with E-state index in [1.54, 1.807) is 24.5 Å². The van der Waals surface area contributed by atoms with Crippen molar-refractivity contribution in [3.8, 4) is 0 Å². The van der Waals surface area contributed by atoms with E-state index in [1.807, 2.05) is 0 Å². The van der Waals surface area contributed by atoms with Crippen molar-refractivity contribution in [1.82, 2.24) is 14.6 Å². The average molecular weight is 206 g/mol. The van der Waals surface area contributed by atoms with Crippen LogP contribution >= 0.6 is 11.5 Å². The Morgan fingerprint density at radius 3 is 3.00 bits per heavy atom. The van der Waals surface area contributed by atoms with Gasteiger partial charge in [-0.3, -0.25) is 9.78 Å². The summed E-state index contributed by atoms with van der Waals surface area (Å²) in [6.07, 6.45) is 4.65. The third-order valence-electron chi connectivity index (χ3n) is 1.50. The van der Waals surface area contributed by atoms with E-state index in [0.29, 0.717) is 10.6 Å². The summed E-state index contributed by atoms with van der Waals surface area (Å²) in [5, 5.41) is 6.25. The third kappa shape index (κ3) is 1.91. The van der Waals surface area contributed by atoms with Crippen LogP contribution in [0.15, 0.2) is 30.7 Å². The Hall–Kier alpha value is -1.82. The molecule has 0 aliphatic heterocycles. The molecule has 0 unspecified atom stereocenters. The number of carbonyl (C=O) groups excluding carboxylic acids is 1. The van der Waals surface area contributed by atoms with E-state index in [0.717, 1.165) is 11.5 Å². The highest BCUT2D eigenvalue weighted by molar-refractivity contribution is 7.07. The first-order chi connectivity index (χ1) is 6.86. The van der Waals surface area contributed by atoms with Crippen molar-refractivity contribution in [2.45, 2.75) is 0 Å². The number of hydrogen-bond acceptors (Lipinski definition) is 5. The lowest BCUT2D eigenvalue weighted by molar-refractivity contribution is 0.103. The van der Waals surface area contributed by atoms with Gasteiger partial charge in [-0.15, -0.1) is 5.10 Å². The van der Waals surface area contributed by atoms with Crippen LogP contribution in [0.3, 0.4) is 0 Å². The maximum Gasteiger partial charge on any atom is 0.269 e. The average Bonchev–Trinajstić information content (AvgIpc) is 2.72. The van der Waals surface area contributed by atoms with Crippen molar-refractivity contribution in [1.29, 1.82) is 0 Å². The van der Waals surface area contributed by atoms with Crippen LogP contribution in [-0.4, -0.2) is 20.5 Å². The van der Waals surface area contributed by atoms with Crippen LogP contribution in [0.4, 0.5) is 5.69 Å². The van der Waals surface area contributed by atoms with Crippen molar-refractivity contribution in [2.75, 3.05) is 5.32 Å². The molecule has 0 saturated heterocycles. The van der Waals surface area contributed by atoms with Crippen LogP contribution in [0, 0.1) is 0 Å². The summed E-state index contributed by atoms with van der Waals surface area (Å²) in [6.45, 7) is 0. The number of nitrogens with zero attached hydrogens (tertiary/aromatic N) is 3. The van der Waals surface area contributed by atoms with Crippen molar-refractivity contribution in [2.24, 2.45) is 0 Å². The zero-order valence-corrected chi connectivity index (χ0v) is 7.86. The normalized spacial score (nSPS) is 9.71. The highest BCUT2D eigenvalue weighted by Crippen LogP contribution is 2.08. The number of carbonyl (C=O) groups is 1. The van der Waals surface area contributed by atoms with Gasteiger partial charge in [-0.1, -0.05) is 4.49 Å². The standard InChI is InChI=1S/C8H6N4OS/c13-8(7-5-10-12-14-7)11-6-2-1-3-9-4-6/h1-5H,(H,11,13). The number of aromatic nitrogens is 3. The van der Waals surface area contributed by atoms with Crippen molar-refractivity contribution >= 4 is 23.1 Å². The van der Waals surface area contributed by atoms with Gasteiger partial charge in [0, 0.05) is 6.20 Å². The number of pyridine rings is 1. The second-order valence-electron chi connectivity index (χ2n) is 2.48. The van der Waals surface area contributed by atoms with E-state index in [9.17, 15) is 4.79 Å². The van der Waals surface area contributed by atoms with Gasteiger partial charge in [0.2, 0.25) is 0 Å². The molecular weight excluding hydrogens is 200 g/mol. The van der Waals surface area contributed by atoms with Gasteiger partial charge >= 0.3 is 0 Å². The number of anilines is 1. The van der Waals surface area contributed by atoms with Crippen molar-refractivity contribution < 1.29 is 4.79 Å². The SMILES string of the molecule is O=C(Nc1cccnc1)c1cnns1. The van der Waals surface area contributed by atoms with E-state index in [1.165, 1.54) is 6.20 Å². The van der Waals surface area contributed by atoms with Crippen LogP contribution < -0.4 is 5.32 Å². The molecule has 1 amide bonds. The first-order valence-corrected chi connectivity index (χ1v) is 4.62. The number of hydrogen-bond donors (Lipinski definition) is 1. The lowest BCUT2D eigenvalue weighted by Crippen LogP contribution is -2.10. The van der Waals surface area contributed by atoms with Gasteiger partial charge in [0.15, 0.2) is 0 Å². The smallest absolute Gasteiger partial charge is 0.269 e. The van der Waals surface area contributed by atoms with Gasteiger partial charge in [-0.25, -0.2) is 0 Å². The van der Waals surface area contributed by atoms with Crippen molar-refractivity contribution in [3.63, 3.8) is 0 Å². The topological polar surface area (TPSA) is 67.8 Å². The Bertz CT molecular complexity index is 414. The first kappa shape index (κ1) is 8.76. The fourth-order valence-electron chi connectivity index (χ4n) is 0.897. The fraction of sp³-hybridized carbons (Fsp3) is 0. The summed E-state index contributed by atoms with van der Waals surface area (Å²) >= 11 is 1.06. The van der Waals surface area contributed by atoms with Crippen LogP contribution in [-0.2, 0) is 0 Å². The van der Waals surface area contributed by atoms with Gasteiger partial charge in [-0.2, -0.15) is 0 Å². The Morgan fingerprint density at radius 1 is 1.43 bits per heavy atom. The molecule has 2 rings (SSSR count). The molecule has 1 N–H and O–H groups in total. The number of rotatable bonds is 2. The maximum absolute atomic E-state index is 11.5. The lowest BCUT2D eigenvalue weighted by Gasteiger charge is -2.00. The molecule has 5 nitrogen and oxygen atoms in total. The van der Waals surface area contributed by atoms with Crippen LogP contribution in [0.1, 0.15) is 9.67 Å². The molecule has 70 valence electrons. The lowest BCUT2D eigenvalue weighted by atomic mass is 10.4. The van der Waals surface area contributed by atoms with Gasteiger partial charge in [0.1, 0.15) is 4.88 Å². The minimum atomic E-state index is -0.215.